The lowest BCUT2D eigenvalue weighted by molar-refractivity contribution is -0.307. The molecule has 0 aliphatic carbocycles. The number of aliphatic carboxylic acids is 1. The van der Waals surface area contributed by atoms with Gasteiger partial charge in [0.25, 0.3) is 0 Å². The van der Waals surface area contributed by atoms with Crippen molar-refractivity contribution in [3.8, 4) is 11.8 Å². The Kier molecular flexibility index (Phi) is 3.32. The smallest absolute Gasteiger partial charge is 0.137 e. The van der Waals surface area contributed by atoms with Gasteiger partial charge in [0.2, 0.25) is 0 Å². The van der Waals surface area contributed by atoms with Crippen molar-refractivity contribution in [1.82, 2.24) is 0 Å². The lowest BCUT2D eigenvalue weighted by Gasteiger charge is -2.07. The molecule has 1 aromatic carbocycles. The zero-order valence-electron chi connectivity index (χ0n) is 6.99. The minimum absolute atomic E-state index is 0.182. The van der Waals surface area contributed by atoms with Crippen molar-refractivity contribution in [3.05, 3.63) is 28.8 Å². The van der Waals surface area contributed by atoms with Crippen LogP contribution in [-0.2, 0) is 4.79 Å². The Bertz CT molecular complexity index is 398. The van der Waals surface area contributed by atoms with Crippen molar-refractivity contribution in [2.75, 3.05) is 6.61 Å². The monoisotopic (exact) mass is 210 g/mol. The first-order chi connectivity index (χ1) is 6.63. The molecule has 14 heavy (non-hydrogen) atoms. The maximum absolute atomic E-state index is 10.1. The van der Waals surface area contributed by atoms with Gasteiger partial charge >= 0.3 is 0 Å². The summed E-state index contributed by atoms with van der Waals surface area (Å²) in [6.45, 7) is -0.587. The number of nitrogens with zero attached hydrogens (tertiary/aromatic N) is 1. The van der Waals surface area contributed by atoms with E-state index in [1.54, 1.807) is 0 Å². The van der Waals surface area contributed by atoms with Gasteiger partial charge in [-0.1, -0.05) is 11.6 Å². The van der Waals surface area contributed by atoms with E-state index in [4.69, 9.17) is 21.6 Å². The highest BCUT2D eigenvalue weighted by molar-refractivity contribution is 6.30. The molecule has 4 nitrogen and oxygen atoms in total. The molecule has 0 spiro atoms. The quantitative estimate of drug-likeness (QED) is 0.721. The van der Waals surface area contributed by atoms with Gasteiger partial charge in [-0.3, -0.25) is 0 Å². The highest BCUT2D eigenvalue weighted by Crippen LogP contribution is 2.21. The Morgan fingerprint density at radius 2 is 2.36 bits per heavy atom. The summed E-state index contributed by atoms with van der Waals surface area (Å²) in [6.07, 6.45) is 0. The van der Waals surface area contributed by atoms with Crippen LogP contribution in [0.15, 0.2) is 18.2 Å². The third-order valence-electron chi connectivity index (χ3n) is 1.41. The van der Waals surface area contributed by atoms with Crippen molar-refractivity contribution >= 4 is 17.6 Å². The van der Waals surface area contributed by atoms with Crippen molar-refractivity contribution in [3.63, 3.8) is 0 Å². The fraction of sp³-hybridized carbons (Fsp3) is 0.111. The molecule has 0 N–H and O–H groups in total. The average molecular weight is 211 g/mol. The molecular weight excluding hydrogens is 206 g/mol. The van der Waals surface area contributed by atoms with Crippen LogP contribution in [0, 0.1) is 11.3 Å². The fourth-order valence-corrected chi connectivity index (χ4v) is 1.02. The molecular formula is C9H5ClNO3-. The van der Waals surface area contributed by atoms with Crippen LogP contribution in [0.1, 0.15) is 5.56 Å². The standard InChI is InChI=1S/C9H6ClNO3/c10-7-1-2-8(6(3-7)4-11)14-5-9(12)13/h1-3H,5H2,(H,12,13)/p-1. The van der Waals surface area contributed by atoms with E-state index in [0.29, 0.717) is 5.02 Å². The summed E-state index contributed by atoms with van der Waals surface area (Å²) < 4.78 is 4.80. The Morgan fingerprint density at radius 3 is 2.93 bits per heavy atom. The van der Waals surface area contributed by atoms with Crippen LogP contribution in [0.4, 0.5) is 0 Å². The van der Waals surface area contributed by atoms with E-state index in [-0.39, 0.29) is 11.3 Å². The van der Waals surface area contributed by atoms with Crippen LogP contribution in [-0.4, -0.2) is 12.6 Å². The summed E-state index contributed by atoms with van der Waals surface area (Å²) in [5, 5.41) is 19.1. The molecule has 0 fully saturated rings. The second-order valence-corrected chi connectivity index (χ2v) is 2.85. The summed E-state index contributed by atoms with van der Waals surface area (Å²) >= 11 is 5.62. The Hall–Kier alpha value is -1.73. The number of halogens is 1. The molecule has 0 aromatic heterocycles. The van der Waals surface area contributed by atoms with Gasteiger partial charge in [0.15, 0.2) is 0 Å². The van der Waals surface area contributed by atoms with Crippen LogP contribution in [0.3, 0.4) is 0 Å². The van der Waals surface area contributed by atoms with Gasteiger partial charge in [0.05, 0.1) is 11.5 Å². The minimum Gasteiger partial charge on any atom is -0.546 e. The first-order valence-corrected chi connectivity index (χ1v) is 4.03. The van der Waals surface area contributed by atoms with Gasteiger partial charge in [-0.05, 0) is 18.2 Å². The molecule has 0 heterocycles. The minimum atomic E-state index is -1.34. The predicted molar refractivity (Wildman–Crippen MR) is 46.7 cm³/mol. The van der Waals surface area contributed by atoms with Gasteiger partial charge < -0.3 is 14.6 Å². The topological polar surface area (TPSA) is 73.1 Å². The SMILES string of the molecule is N#Cc1cc(Cl)ccc1OCC(=O)[O-]. The molecule has 0 radical (unpaired) electrons. The Balaban J connectivity index is 2.87. The maximum Gasteiger partial charge on any atom is 0.137 e. The Morgan fingerprint density at radius 1 is 1.64 bits per heavy atom. The van der Waals surface area contributed by atoms with E-state index in [1.165, 1.54) is 18.2 Å². The van der Waals surface area contributed by atoms with Crippen LogP contribution in [0.25, 0.3) is 0 Å². The molecule has 0 aliphatic rings. The van der Waals surface area contributed by atoms with Crippen LogP contribution in [0.5, 0.6) is 5.75 Å². The van der Waals surface area contributed by atoms with Crippen LogP contribution >= 0.6 is 11.6 Å². The maximum atomic E-state index is 10.1. The fourth-order valence-electron chi connectivity index (χ4n) is 0.852. The van der Waals surface area contributed by atoms with Crippen molar-refractivity contribution in [1.29, 1.82) is 5.26 Å². The predicted octanol–water partition coefficient (Wildman–Crippen LogP) is 0.340. The first-order valence-electron chi connectivity index (χ1n) is 3.66. The molecule has 0 saturated carbocycles. The average Bonchev–Trinajstić information content (AvgIpc) is 2.15. The van der Waals surface area contributed by atoms with Crippen molar-refractivity contribution < 1.29 is 14.6 Å². The highest BCUT2D eigenvalue weighted by atomic mass is 35.5. The molecule has 0 amide bonds. The summed E-state index contributed by atoms with van der Waals surface area (Å²) in [7, 11) is 0. The van der Waals surface area contributed by atoms with E-state index in [9.17, 15) is 9.90 Å². The van der Waals surface area contributed by atoms with E-state index in [2.05, 4.69) is 0 Å². The number of carbonyl (C=O) groups is 1. The van der Waals surface area contributed by atoms with Crippen molar-refractivity contribution in [2.45, 2.75) is 0 Å². The lowest BCUT2D eigenvalue weighted by atomic mass is 10.2. The molecule has 0 aliphatic heterocycles. The van der Waals surface area contributed by atoms with E-state index in [0.717, 1.165) is 0 Å². The van der Waals surface area contributed by atoms with Crippen LogP contribution < -0.4 is 9.84 Å². The molecule has 0 bridgehead atoms. The van der Waals surface area contributed by atoms with E-state index < -0.39 is 12.6 Å². The molecule has 5 heteroatoms. The normalized spacial score (nSPS) is 9.14. The zero-order valence-corrected chi connectivity index (χ0v) is 7.75. The highest BCUT2D eigenvalue weighted by Gasteiger charge is 2.03. The van der Waals surface area contributed by atoms with Gasteiger partial charge in [0.1, 0.15) is 18.4 Å². The van der Waals surface area contributed by atoms with Gasteiger partial charge in [-0.15, -0.1) is 0 Å². The van der Waals surface area contributed by atoms with Gasteiger partial charge in [-0.2, -0.15) is 5.26 Å². The second kappa shape index (κ2) is 4.49. The number of hydrogen-bond acceptors (Lipinski definition) is 4. The van der Waals surface area contributed by atoms with Crippen LogP contribution in [0.2, 0.25) is 5.02 Å². The lowest BCUT2D eigenvalue weighted by Crippen LogP contribution is -2.29. The summed E-state index contributed by atoms with van der Waals surface area (Å²) in [5.74, 6) is -1.16. The number of ether oxygens (including phenoxy) is 1. The summed E-state index contributed by atoms with van der Waals surface area (Å²) in [5.41, 5.74) is 0.193. The molecule has 0 atom stereocenters. The second-order valence-electron chi connectivity index (χ2n) is 2.41. The van der Waals surface area contributed by atoms with E-state index in [1.807, 2.05) is 6.07 Å². The van der Waals surface area contributed by atoms with Gasteiger partial charge in [0, 0.05) is 5.02 Å². The third kappa shape index (κ3) is 2.64. The molecule has 0 unspecified atom stereocenters. The first kappa shape index (κ1) is 10.4. The Labute approximate surface area is 85.3 Å². The molecule has 72 valence electrons. The number of hydrogen-bond donors (Lipinski definition) is 0. The largest absolute Gasteiger partial charge is 0.546 e. The number of carboxylic acid groups (broad SMARTS) is 1. The molecule has 1 rings (SSSR count). The van der Waals surface area contributed by atoms with E-state index >= 15 is 0 Å². The number of rotatable bonds is 3. The number of carbonyl (C=O) groups excluding carboxylic acids is 1. The summed E-state index contributed by atoms with van der Waals surface area (Å²) in [6, 6.07) is 6.17. The van der Waals surface area contributed by atoms with Crippen molar-refractivity contribution in [2.24, 2.45) is 0 Å². The summed E-state index contributed by atoms with van der Waals surface area (Å²) in [4.78, 5) is 10.1. The number of nitriles is 1. The number of benzene rings is 1. The third-order valence-corrected chi connectivity index (χ3v) is 1.64. The molecule has 0 saturated heterocycles. The van der Waals surface area contributed by atoms with Gasteiger partial charge in [-0.25, -0.2) is 0 Å². The zero-order chi connectivity index (χ0) is 10.6. The molecule has 1 aromatic rings. The number of carboxylic acids is 1.